The summed E-state index contributed by atoms with van der Waals surface area (Å²) in [7, 11) is 0. The molecule has 0 spiro atoms. The lowest BCUT2D eigenvalue weighted by molar-refractivity contribution is -0.118. The summed E-state index contributed by atoms with van der Waals surface area (Å²) in [5.74, 6) is 0.710. The van der Waals surface area contributed by atoms with Gasteiger partial charge in [-0.3, -0.25) is 9.69 Å². The molecule has 1 aliphatic heterocycles. The fourth-order valence-electron chi connectivity index (χ4n) is 6.13. The number of hydrogen-bond donors (Lipinski definition) is 1. The van der Waals surface area contributed by atoms with Crippen LogP contribution in [-0.2, 0) is 10.5 Å². The Balaban J connectivity index is 1.69. The van der Waals surface area contributed by atoms with Crippen LogP contribution in [0.3, 0.4) is 0 Å². The van der Waals surface area contributed by atoms with E-state index in [4.69, 9.17) is 17.3 Å². The topological polar surface area (TPSA) is 70.1 Å². The van der Waals surface area contributed by atoms with Gasteiger partial charge in [0.25, 0.3) is 0 Å². The highest BCUT2D eigenvalue weighted by atomic mass is 35.5. The van der Waals surface area contributed by atoms with Gasteiger partial charge in [0.2, 0.25) is 0 Å². The van der Waals surface area contributed by atoms with Crippen LogP contribution in [0, 0.1) is 44.4 Å². The largest absolute Gasteiger partial charge is 0.384 e. The van der Waals surface area contributed by atoms with E-state index >= 15 is 0 Å². The Labute approximate surface area is 252 Å². The number of nitrogens with two attached hydrogens (primary N) is 1. The van der Waals surface area contributed by atoms with Crippen molar-refractivity contribution in [2.45, 2.75) is 71.0 Å². The van der Waals surface area contributed by atoms with Gasteiger partial charge in [-0.25, -0.2) is 0 Å². The van der Waals surface area contributed by atoms with E-state index in [9.17, 15) is 10.1 Å². The molecule has 0 fully saturated rings. The van der Waals surface area contributed by atoms with Gasteiger partial charge in [0.15, 0.2) is 5.78 Å². The number of hydrogen-bond acceptors (Lipinski definition) is 5. The zero-order chi connectivity index (χ0) is 29.6. The lowest BCUT2D eigenvalue weighted by Crippen LogP contribution is -2.42. The second kappa shape index (κ2) is 11.1. The number of anilines is 1. The summed E-state index contributed by atoms with van der Waals surface area (Å²) in [6.07, 6.45) is 1.08. The molecule has 41 heavy (non-hydrogen) atoms. The summed E-state index contributed by atoms with van der Waals surface area (Å²) in [6, 6.07) is 21.0. The highest BCUT2D eigenvalue weighted by Gasteiger charge is 2.45. The van der Waals surface area contributed by atoms with Gasteiger partial charge in [-0.15, -0.1) is 11.8 Å². The smallest absolute Gasteiger partial charge is 0.162 e. The summed E-state index contributed by atoms with van der Waals surface area (Å²) in [5.41, 5.74) is 16.0. The van der Waals surface area contributed by atoms with Crippen molar-refractivity contribution in [3.8, 4) is 6.07 Å². The van der Waals surface area contributed by atoms with Crippen molar-refractivity contribution in [3.63, 3.8) is 0 Å². The molecule has 1 unspecified atom stereocenters. The van der Waals surface area contributed by atoms with Crippen molar-refractivity contribution in [1.82, 2.24) is 0 Å². The number of nitrogens with zero attached hydrogens (tertiary/aromatic N) is 2. The standard InChI is InChI=1S/C35H36ClN3OS/c1-20-7-11-26(12-8-20)41-19-24-13-21(2)14-27(23(24)4)32-28(18-37)34(38)39(29-15-25(36)10-9-22(29)3)30-16-35(5,6)17-31(40)33(30)32/h7-15,32H,16-17,19,38H2,1-6H3. The number of rotatable bonds is 5. The summed E-state index contributed by atoms with van der Waals surface area (Å²) >= 11 is 8.23. The number of benzene rings is 3. The minimum atomic E-state index is -0.516. The normalized spacial score (nSPS) is 18.4. The molecule has 2 N–H and O–H groups in total. The predicted molar refractivity (Wildman–Crippen MR) is 170 cm³/mol. The number of carbonyl (C=O) groups is 1. The van der Waals surface area contributed by atoms with Gasteiger partial charge in [0.1, 0.15) is 5.82 Å². The summed E-state index contributed by atoms with van der Waals surface area (Å²) in [4.78, 5) is 17.2. The highest BCUT2D eigenvalue weighted by molar-refractivity contribution is 7.98. The van der Waals surface area contributed by atoms with Crippen molar-refractivity contribution in [2.75, 3.05) is 4.90 Å². The third kappa shape index (κ3) is 5.56. The minimum absolute atomic E-state index is 0.0719. The van der Waals surface area contributed by atoms with Crippen molar-refractivity contribution in [3.05, 3.63) is 116 Å². The maximum absolute atomic E-state index is 14.1. The quantitative estimate of drug-likeness (QED) is 0.305. The molecule has 6 heteroatoms. The molecule has 1 atom stereocenters. The molecule has 210 valence electrons. The van der Waals surface area contributed by atoms with E-state index in [-0.39, 0.29) is 11.2 Å². The van der Waals surface area contributed by atoms with E-state index in [1.807, 2.05) is 30.0 Å². The molecule has 3 aromatic carbocycles. The van der Waals surface area contributed by atoms with E-state index in [1.54, 1.807) is 11.8 Å². The van der Waals surface area contributed by atoms with Crippen molar-refractivity contribution in [2.24, 2.45) is 11.1 Å². The van der Waals surface area contributed by atoms with E-state index in [0.29, 0.717) is 34.8 Å². The van der Waals surface area contributed by atoms with Crippen LogP contribution in [0.15, 0.2) is 82.2 Å². The molecule has 3 aromatic rings. The van der Waals surface area contributed by atoms with Crippen LogP contribution >= 0.6 is 23.4 Å². The minimum Gasteiger partial charge on any atom is -0.384 e. The second-order valence-electron chi connectivity index (χ2n) is 12.2. The third-order valence-corrected chi connectivity index (χ3v) is 9.52. The molecule has 0 saturated heterocycles. The SMILES string of the molecule is Cc1ccc(SCc2cc(C)cc(C3C(C#N)=C(N)N(c4cc(Cl)ccc4C)C4=C3C(=O)CC(C)(C)C4)c2C)cc1. The van der Waals surface area contributed by atoms with Crippen LogP contribution in [0.1, 0.15) is 66.0 Å². The zero-order valence-corrected chi connectivity index (χ0v) is 26.1. The number of aryl methyl sites for hydroxylation is 3. The van der Waals surface area contributed by atoms with Crippen molar-refractivity contribution in [1.29, 1.82) is 5.26 Å². The highest BCUT2D eigenvalue weighted by Crippen LogP contribution is 2.51. The maximum atomic E-state index is 14.1. The lowest BCUT2D eigenvalue weighted by atomic mass is 9.68. The number of halogens is 1. The van der Waals surface area contributed by atoms with Gasteiger partial charge in [0.05, 0.1) is 23.2 Å². The average Bonchev–Trinajstić information content (AvgIpc) is 2.90. The van der Waals surface area contributed by atoms with E-state index in [1.165, 1.54) is 16.0 Å². The van der Waals surface area contributed by atoms with Crippen LogP contribution in [0.25, 0.3) is 0 Å². The van der Waals surface area contributed by atoms with Gasteiger partial charge < -0.3 is 5.73 Å². The average molecular weight is 582 g/mol. The van der Waals surface area contributed by atoms with E-state index in [2.05, 4.69) is 77.1 Å². The predicted octanol–water partition coefficient (Wildman–Crippen LogP) is 8.81. The monoisotopic (exact) mass is 581 g/mol. The van der Waals surface area contributed by atoms with Crippen molar-refractivity contribution >= 4 is 34.8 Å². The van der Waals surface area contributed by atoms with Gasteiger partial charge >= 0.3 is 0 Å². The molecule has 0 radical (unpaired) electrons. The molecule has 5 rings (SSSR count). The molecule has 1 heterocycles. The zero-order valence-electron chi connectivity index (χ0n) is 24.6. The first-order valence-electron chi connectivity index (χ1n) is 13.9. The molecule has 4 nitrogen and oxygen atoms in total. The van der Waals surface area contributed by atoms with Crippen molar-refractivity contribution < 1.29 is 4.79 Å². The van der Waals surface area contributed by atoms with Gasteiger partial charge in [-0.2, -0.15) is 5.26 Å². The first kappa shape index (κ1) is 29.0. The number of nitriles is 1. The Morgan fingerprint density at radius 1 is 1.02 bits per heavy atom. The summed E-state index contributed by atoms with van der Waals surface area (Å²) < 4.78 is 0. The Kier molecular flexibility index (Phi) is 7.85. The van der Waals surface area contributed by atoms with Crippen LogP contribution < -0.4 is 10.6 Å². The molecular formula is C35H36ClN3OS. The Bertz CT molecular complexity index is 1660. The first-order chi connectivity index (χ1) is 19.4. The number of carbonyl (C=O) groups excluding carboxylic acids is 1. The fraction of sp³-hybridized carbons (Fsp3) is 0.314. The fourth-order valence-corrected chi connectivity index (χ4v) is 7.24. The van der Waals surface area contributed by atoms with Crippen LogP contribution in [0.2, 0.25) is 5.02 Å². The van der Waals surface area contributed by atoms with Crippen LogP contribution in [0.4, 0.5) is 5.69 Å². The van der Waals surface area contributed by atoms with Gasteiger partial charge in [-0.05, 0) is 86.1 Å². The van der Waals surface area contributed by atoms with Crippen LogP contribution in [-0.4, -0.2) is 5.78 Å². The molecule has 0 aromatic heterocycles. The maximum Gasteiger partial charge on any atom is 0.162 e. The summed E-state index contributed by atoms with van der Waals surface area (Å²) in [6.45, 7) is 12.5. The third-order valence-electron chi connectivity index (χ3n) is 8.22. The molecule has 1 aliphatic carbocycles. The van der Waals surface area contributed by atoms with Gasteiger partial charge in [-0.1, -0.05) is 66.9 Å². The Morgan fingerprint density at radius 3 is 2.41 bits per heavy atom. The molecule has 0 amide bonds. The number of allylic oxidation sites excluding steroid dienone is 3. The Morgan fingerprint density at radius 2 is 1.73 bits per heavy atom. The van der Waals surface area contributed by atoms with E-state index in [0.717, 1.165) is 39.4 Å². The molecule has 0 bridgehead atoms. The van der Waals surface area contributed by atoms with Crippen LogP contribution in [0.5, 0.6) is 0 Å². The molecular weight excluding hydrogens is 546 g/mol. The first-order valence-corrected chi connectivity index (χ1v) is 15.3. The van der Waals surface area contributed by atoms with Gasteiger partial charge in [0, 0.05) is 33.4 Å². The van der Waals surface area contributed by atoms with E-state index < -0.39 is 5.92 Å². The lowest BCUT2D eigenvalue weighted by Gasteiger charge is -2.44. The Hall–Kier alpha value is -3.46. The molecule has 2 aliphatic rings. The number of Topliss-reactive ketones (excluding diaryl/α,β-unsaturated/α-hetero) is 1. The second-order valence-corrected chi connectivity index (χ2v) is 13.6. The molecule has 0 saturated carbocycles. The summed E-state index contributed by atoms with van der Waals surface area (Å²) in [5, 5.41) is 11.2. The number of thioether (sulfide) groups is 1. The number of ketones is 1.